The van der Waals surface area contributed by atoms with Crippen LogP contribution in [-0.2, 0) is 18.4 Å². The first-order chi connectivity index (χ1) is 14.8. The second-order valence-corrected chi connectivity index (χ2v) is 8.23. The van der Waals surface area contributed by atoms with Gasteiger partial charge in [-0.05, 0) is 43.1 Å². The van der Waals surface area contributed by atoms with Gasteiger partial charge in [0.05, 0.1) is 0 Å². The van der Waals surface area contributed by atoms with Gasteiger partial charge in [-0.2, -0.15) is 4.39 Å². The lowest BCUT2D eigenvalue weighted by Gasteiger charge is -2.38. The zero-order valence-corrected chi connectivity index (χ0v) is 16.9. The summed E-state index contributed by atoms with van der Waals surface area (Å²) >= 11 is 0. The van der Waals surface area contributed by atoms with Crippen LogP contribution in [0.4, 0.5) is 4.39 Å². The first-order valence-corrected chi connectivity index (χ1v) is 10.7. The van der Waals surface area contributed by atoms with Gasteiger partial charge in [0.15, 0.2) is 11.5 Å². The van der Waals surface area contributed by atoms with Gasteiger partial charge < -0.3 is 14.8 Å². The molecule has 154 valence electrons. The number of nitrogens with one attached hydrogen (secondary N) is 1. The summed E-state index contributed by atoms with van der Waals surface area (Å²) in [5.41, 5.74) is 3.06. The number of piperidine rings is 1. The van der Waals surface area contributed by atoms with Crippen molar-refractivity contribution >= 4 is 0 Å². The van der Waals surface area contributed by atoms with Crippen LogP contribution in [0.5, 0.6) is 11.5 Å². The van der Waals surface area contributed by atoms with Crippen molar-refractivity contribution in [2.75, 3.05) is 13.1 Å². The number of fused-ring (bicyclic) bond motifs is 2. The van der Waals surface area contributed by atoms with Crippen molar-refractivity contribution < 1.29 is 13.9 Å². The molecule has 0 radical (unpaired) electrons. The molecule has 1 N–H and O–H groups in total. The van der Waals surface area contributed by atoms with Crippen molar-refractivity contribution in [2.24, 2.45) is 0 Å². The van der Waals surface area contributed by atoms with Crippen LogP contribution in [0.3, 0.4) is 0 Å². The van der Waals surface area contributed by atoms with Crippen LogP contribution in [0, 0.1) is 5.82 Å². The van der Waals surface area contributed by atoms with Gasteiger partial charge in [0, 0.05) is 17.4 Å². The zero-order chi connectivity index (χ0) is 20.4. The lowest BCUT2D eigenvalue weighted by molar-refractivity contribution is 0.115. The Labute approximate surface area is 176 Å². The third kappa shape index (κ3) is 3.46. The zero-order valence-electron chi connectivity index (χ0n) is 16.9. The van der Waals surface area contributed by atoms with Crippen molar-refractivity contribution in [3.05, 3.63) is 95.3 Å². The molecule has 0 aliphatic carbocycles. The Morgan fingerprint density at radius 2 is 1.57 bits per heavy atom. The molecule has 0 aromatic heterocycles. The summed E-state index contributed by atoms with van der Waals surface area (Å²) in [5, 5.41) is 3.44. The van der Waals surface area contributed by atoms with Crippen LogP contribution in [-0.4, -0.2) is 19.2 Å². The van der Waals surface area contributed by atoms with E-state index in [1.54, 1.807) is 6.07 Å². The molecule has 1 fully saturated rings. The lowest BCUT2D eigenvalue weighted by Crippen LogP contribution is -2.47. The van der Waals surface area contributed by atoms with E-state index in [-0.39, 0.29) is 23.1 Å². The Balaban J connectivity index is 1.45. The molecular weight excluding hydrogens is 377 g/mol. The maximum absolute atomic E-state index is 15.5. The minimum absolute atomic E-state index is 0.0733. The normalized spacial score (nSPS) is 19.3. The molecule has 0 unspecified atom stereocenters. The molecule has 3 aromatic carbocycles. The van der Waals surface area contributed by atoms with Gasteiger partial charge in [-0.1, -0.05) is 66.7 Å². The molecule has 2 aliphatic heterocycles. The number of halogens is 1. The Hall–Kier alpha value is -2.85. The Bertz CT molecular complexity index is 1000. The SMILES string of the molecule is Fc1c(OCc2ccccc2)ccc2c1O[C@H](Cc1ccccc1)C21CCNCC1. The topological polar surface area (TPSA) is 30.5 Å². The predicted octanol–water partition coefficient (Wildman–Crippen LogP) is 5.03. The van der Waals surface area contributed by atoms with Crippen molar-refractivity contribution in [1.82, 2.24) is 5.32 Å². The van der Waals surface area contributed by atoms with E-state index in [0.717, 1.165) is 43.5 Å². The van der Waals surface area contributed by atoms with E-state index >= 15 is 4.39 Å². The van der Waals surface area contributed by atoms with E-state index < -0.39 is 0 Å². The Morgan fingerprint density at radius 3 is 2.27 bits per heavy atom. The summed E-state index contributed by atoms with van der Waals surface area (Å²) in [7, 11) is 0. The highest BCUT2D eigenvalue weighted by Gasteiger charge is 2.50. The van der Waals surface area contributed by atoms with Crippen LogP contribution in [0.1, 0.15) is 29.5 Å². The fraction of sp³-hybridized carbons (Fsp3) is 0.308. The van der Waals surface area contributed by atoms with Crippen molar-refractivity contribution in [1.29, 1.82) is 0 Å². The summed E-state index contributed by atoms with van der Waals surface area (Å²) in [4.78, 5) is 0. The monoisotopic (exact) mass is 403 g/mol. The lowest BCUT2D eigenvalue weighted by atomic mass is 9.69. The van der Waals surface area contributed by atoms with E-state index in [4.69, 9.17) is 9.47 Å². The van der Waals surface area contributed by atoms with Gasteiger partial charge in [-0.15, -0.1) is 0 Å². The number of rotatable bonds is 5. The summed E-state index contributed by atoms with van der Waals surface area (Å²) in [5.74, 6) is 0.252. The third-order valence-corrected chi connectivity index (χ3v) is 6.47. The number of ether oxygens (including phenoxy) is 2. The van der Waals surface area contributed by atoms with E-state index in [9.17, 15) is 0 Å². The molecule has 5 rings (SSSR count). The molecule has 0 amide bonds. The van der Waals surface area contributed by atoms with E-state index in [1.807, 2.05) is 54.6 Å². The standard InChI is InChI=1S/C26H26FNO2/c27-24-22(29-18-20-9-5-2-6-10-20)12-11-21-25(24)30-23(17-19-7-3-1-4-8-19)26(21)13-15-28-16-14-26/h1-12,23,28H,13-18H2/t23-/m1/s1. The fourth-order valence-electron chi connectivity index (χ4n) is 4.85. The van der Waals surface area contributed by atoms with Gasteiger partial charge in [0.2, 0.25) is 5.82 Å². The molecule has 2 aliphatic rings. The molecule has 0 saturated carbocycles. The molecule has 1 atom stereocenters. The average Bonchev–Trinajstić information content (AvgIpc) is 3.08. The van der Waals surface area contributed by atoms with Gasteiger partial charge in [-0.3, -0.25) is 0 Å². The maximum atomic E-state index is 15.5. The van der Waals surface area contributed by atoms with Crippen molar-refractivity contribution in [3.63, 3.8) is 0 Å². The Morgan fingerprint density at radius 1 is 0.900 bits per heavy atom. The number of hydrogen-bond acceptors (Lipinski definition) is 3. The maximum Gasteiger partial charge on any atom is 0.207 e. The van der Waals surface area contributed by atoms with Crippen molar-refractivity contribution in [2.45, 2.75) is 37.4 Å². The molecule has 3 nitrogen and oxygen atoms in total. The van der Waals surface area contributed by atoms with Crippen molar-refractivity contribution in [3.8, 4) is 11.5 Å². The van der Waals surface area contributed by atoms with Crippen LogP contribution in [0.2, 0.25) is 0 Å². The van der Waals surface area contributed by atoms with Gasteiger partial charge in [0.25, 0.3) is 0 Å². The second-order valence-electron chi connectivity index (χ2n) is 8.23. The highest BCUT2D eigenvalue weighted by molar-refractivity contribution is 5.51. The van der Waals surface area contributed by atoms with E-state index in [0.29, 0.717) is 12.4 Å². The van der Waals surface area contributed by atoms with Gasteiger partial charge in [0.1, 0.15) is 12.7 Å². The molecule has 30 heavy (non-hydrogen) atoms. The molecular formula is C26H26FNO2. The fourth-order valence-corrected chi connectivity index (χ4v) is 4.85. The van der Waals surface area contributed by atoms with E-state index in [1.165, 1.54) is 5.56 Å². The van der Waals surface area contributed by atoms with Crippen LogP contribution in [0.25, 0.3) is 0 Å². The molecule has 1 saturated heterocycles. The van der Waals surface area contributed by atoms with Crippen LogP contribution >= 0.6 is 0 Å². The molecule has 0 bridgehead atoms. The van der Waals surface area contributed by atoms with Gasteiger partial charge >= 0.3 is 0 Å². The van der Waals surface area contributed by atoms with Crippen LogP contribution < -0.4 is 14.8 Å². The quantitative estimate of drug-likeness (QED) is 0.648. The van der Waals surface area contributed by atoms with E-state index in [2.05, 4.69) is 17.4 Å². The average molecular weight is 403 g/mol. The summed E-state index contributed by atoms with van der Waals surface area (Å²) in [6.45, 7) is 2.17. The summed E-state index contributed by atoms with van der Waals surface area (Å²) in [6.07, 6.45) is 2.59. The number of hydrogen-bond donors (Lipinski definition) is 1. The first-order valence-electron chi connectivity index (χ1n) is 10.7. The summed E-state index contributed by atoms with van der Waals surface area (Å²) < 4.78 is 27.6. The molecule has 2 heterocycles. The molecule has 4 heteroatoms. The second kappa shape index (κ2) is 8.11. The predicted molar refractivity (Wildman–Crippen MR) is 116 cm³/mol. The van der Waals surface area contributed by atoms with Crippen LogP contribution in [0.15, 0.2) is 72.8 Å². The minimum atomic E-state index is -0.378. The third-order valence-electron chi connectivity index (χ3n) is 6.47. The first kappa shape index (κ1) is 19.1. The smallest absolute Gasteiger partial charge is 0.207 e. The highest BCUT2D eigenvalue weighted by atomic mass is 19.1. The highest BCUT2D eigenvalue weighted by Crippen LogP contribution is 2.51. The minimum Gasteiger partial charge on any atom is -0.486 e. The Kier molecular flexibility index (Phi) is 5.17. The molecule has 1 spiro atoms. The summed E-state index contributed by atoms with van der Waals surface area (Å²) in [6, 6.07) is 23.9. The molecule has 3 aromatic rings. The number of benzene rings is 3. The largest absolute Gasteiger partial charge is 0.486 e. The van der Waals surface area contributed by atoms with Gasteiger partial charge in [-0.25, -0.2) is 0 Å².